The van der Waals surface area contributed by atoms with Crippen LogP contribution >= 0.6 is 38.9 Å². The molecule has 0 atom stereocenters. The average molecular weight is 368 g/mol. The van der Waals surface area contributed by atoms with Crippen molar-refractivity contribution in [3.8, 4) is 0 Å². The first-order valence-electron chi connectivity index (χ1n) is 5.74. The van der Waals surface area contributed by atoms with Gasteiger partial charge < -0.3 is 5.32 Å². The van der Waals surface area contributed by atoms with Crippen LogP contribution in [-0.2, 0) is 0 Å². The highest BCUT2D eigenvalue weighted by atomic mass is 79.9. The van der Waals surface area contributed by atoms with Crippen molar-refractivity contribution in [2.45, 2.75) is 0 Å². The molecule has 0 saturated carbocycles. The van der Waals surface area contributed by atoms with Gasteiger partial charge in [0.15, 0.2) is 0 Å². The summed E-state index contributed by atoms with van der Waals surface area (Å²) >= 11 is 10.9. The third-order valence-electron chi connectivity index (χ3n) is 2.79. The van der Waals surface area contributed by atoms with Gasteiger partial charge in [-0.15, -0.1) is 11.3 Å². The van der Waals surface area contributed by atoms with E-state index in [9.17, 15) is 4.79 Å². The fraction of sp³-hybridized carbons (Fsp3) is 0. The van der Waals surface area contributed by atoms with E-state index in [1.165, 1.54) is 11.3 Å². The fourth-order valence-corrected chi connectivity index (χ4v) is 3.54. The van der Waals surface area contributed by atoms with E-state index >= 15 is 0 Å². The maximum atomic E-state index is 12.2. The van der Waals surface area contributed by atoms with Gasteiger partial charge in [0, 0.05) is 16.1 Å². The summed E-state index contributed by atoms with van der Waals surface area (Å²) < 4.78 is 0.784. The van der Waals surface area contributed by atoms with E-state index < -0.39 is 0 Å². The molecule has 3 aromatic rings. The Balaban J connectivity index is 2.02. The van der Waals surface area contributed by atoms with Gasteiger partial charge in [-0.1, -0.05) is 11.6 Å². The van der Waals surface area contributed by atoms with Crippen LogP contribution in [0.25, 0.3) is 10.9 Å². The Labute approximate surface area is 132 Å². The molecule has 0 bridgehead atoms. The number of nitrogens with zero attached hydrogens (tertiary/aromatic N) is 1. The highest BCUT2D eigenvalue weighted by Crippen LogP contribution is 2.29. The summed E-state index contributed by atoms with van der Waals surface area (Å²) in [6.07, 6.45) is 1.68. The molecule has 3 nitrogen and oxygen atoms in total. The normalized spacial score (nSPS) is 10.7. The molecular weight excluding hydrogens is 360 g/mol. The van der Waals surface area contributed by atoms with Crippen LogP contribution in [0, 0.1) is 0 Å². The lowest BCUT2D eigenvalue weighted by atomic mass is 10.2. The Morgan fingerprint density at radius 1 is 1.30 bits per heavy atom. The minimum Gasteiger partial charge on any atom is -0.319 e. The van der Waals surface area contributed by atoms with Gasteiger partial charge in [0.25, 0.3) is 5.91 Å². The summed E-state index contributed by atoms with van der Waals surface area (Å²) in [6, 6.07) is 9.05. The lowest BCUT2D eigenvalue weighted by molar-refractivity contribution is 0.103. The zero-order valence-corrected chi connectivity index (χ0v) is 13.2. The fourth-order valence-electron chi connectivity index (χ4n) is 1.87. The van der Waals surface area contributed by atoms with Crippen LogP contribution in [0.2, 0.25) is 5.02 Å². The van der Waals surface area contributed by atoms with Gasteiger partial charge in [0.1, 0.15) is 4.88 Å². The molecule has 1 aromatic carbocycles. The van der Waals surface area contributed by atoms with Crippen molar-refractivity contribution < 1.29 is 4.79 Å². The molecule has 1 N–H and O–H groups in total. The molecule has 6 heteroatoms. The smallest absolute Gasteiger partial charge is 0.266 e. The molecular formula is C14H8BrClN2OS. The number of hydrogen-bond donors (Lipinski definition) is 1. The van der Waals surface area contributed by atoms with Crippen LogP contribution < -0.4 is 5.32 Å². The van der Waals surface area contributed by atoms with E-state index in [1.807, 2.05) is 23.6 Å². The molecule has 100 valence electrons. The first kappa shape index (κ1) is 13.5. The number of carbonyl (C=O) groups is 1. The summed E-state index contributed by atoms with van der Waals surface area (Å²) in [5.74, 6) is -0.166. The zero-order chi connectivity index (χ0) is 14.1. The van der Waals surface area contributed by atoms with Crippen LogP contribution in [0.4, 0.5) is 5.69 Å². The van der Waals surface area contributed by atoms with Crippen molar-refractivity contribution >= 4 is 61.4 Å². The Hall–Kier alpha value is -1.43. The summed E-state index contributed by atoms with van der Waals surface area (Å²) in [7, 11) is 0. The predicted molar refractivity (Wildman–Crippen MR) is 86.7 cm³/mol. The molecule has 0 radical (unpaired) electrons. The number of thiophene rings is 1. The minimum absolute atomic E-state index is 0.166. The number of benzene rings is 1. The van der Waals surface area contributed by atoms with Gasteiger partial charge in [-0.25, -0.2) is 0 Å². The highest BCUT2D eigenvalue weighted by Gasteiger charge is 2.14. The SMILES string of the molecule is O=C(Nc1ccc(Cl)c2cccnc12)c1sccc1Br. The highest BCUT2D eigenvalue weighted by molar-refractivity contribution is 9.10. The van der Waals surface area contributed by atoms with E-state index in [0.717, 1.165) is 9.86 Å². The van der Waals surface area contributed by atoms with Crippen molar-refractivity contribution in [2.75, 3.05) is 5.32 Å². The van der Waals surface area contributed by atoms with Crippen molar-refractivity contribution in [2.24, 2.45) is 0 Å². The lowest BCUT2D eigenvalue weighted by Gasteiger charge is -2.08. The summed E-state index contributed by atoms with van der Waals surface area (Å²) in [5.41, 5.74) is 1.33. The van der Waals surface area contributed by atoms with Crippen LogP contribution in [0.3, 0.4) is 0 Å². The molecule has 0 spiro atoms. The van der Waals surface area contributed by atoms with E-state index in [4.69, 9.17) is 11.6 Å². The topological polar surface area (TPSA) is 42.0 Å². The molecule has 0 unspecified atom stereocenters. The summed E-state index contributed by atoms with van der Waals surface area (Å²) in [4.78, 5) is 17.2. The largest absolute Gasteiger partial charge is 0.319 e. The van der Waals surface area contributed by atoms with Gasteiger partial charge in [-0.05, 0) is 51.6 Å². The number of pyridine rings is 1. The number of amides is 1. The number of rotatable bonds is 2. The molecule has 1 amide bonds. The van der Waals surface area contributed by atoms with Crippen LogP contribution in [0.5, 0.6) is 0 Å². The third kappa shape index (κ3) is 2.44. The minimum atomic E-state index is -0.166. The monoisotopic (exact) mass is 366 g/mol. The second kappa shape index (κ2) is 5.52. The van der Waals surface area contributed by atoms with Gasteiger partial charge in [0.2, 0.25) is 0 Å². The number of anilines is 1. The lowest BCUT2D eigenvalue weighted by Crippen LogP contribution is -2.11. The molecule has 2 aromatic heterocycles. The first-order chi connectivity index (χ1) is 9.66. The van der Waals surface area contributed by atoms with Crippen molar-refractivity contribution in [3.05, 3.63) is 56.3 Å². The standard InChI is InChI=1S/C14H8BrClN2OS/c15-9-5-7-20-13(9)14(19)18-11-4-3-10(16)8-2-1-6-17-12(8)11/h1-7H,(H,18,19). The molecule has 0 aliphatic heterocycles. The number of halogens is 2. The molecule has 0 aliphatic rings. The number of aromatic nitrogens is 1. The molecule has 20 heavy (non-hydrogen) atoms. The van der Waals surface area contributed by atoms with Crippen molar-refractivity contribution in [1.82, 2.24) is 4.98 Å². The Kier molecular flexibility index (Phi) is 3.74. The average Bonchev–Trinajstić information content (AvgIpc) is 2.88. The molecule has 3 rings (SSSR count). The van der Waals surface area contributed by atoms with E-state index in [0.29, 0.717) is 21.1 Å². The number of hydrogen-bond acceptors (Lipinski definition) is 3. The third-order valence-corrected chi connectivity index (χ3v) is 4.95. The van der Waals surface area contributed by atoms with Gasteiger partial charge in [-0.2, -0.15) is 0 Å². The van der Waals surface area contributed by atoms with Gasteiger partial charge >= 0.3 is 0 Å². The molecule has 0 fully saturated rings. The van der Waals surface area contributed by atoms with Crippen LogP contribution in [0.15, 0.2) is 46.4 Å². The van der Waals surface area contributed by atoms with Crippen molar-refractivity contribution in [3.63, 3.8) is 0 Å². The number of nitrogens with one attached hydrogen (secondary N) is 1. The molecule has 0 saturated heterocycles. The number of carbonyl (C=O) groups excluding carboxylic acids is 1. The first-order valence-corrected chi connectivity index (χ1v) is 7.79. The second-order valence-corrected chi connectivity index (χ2v) is 6.22. The Morgan fingerprint density at radius 3 is 2.90 bits per heavy atom. The molecule has 2 heterocycles. The Bertz CT molecular complexity index is 803. The summed E-state index contributed by atoms with van der Waals surface area (Å²) in [6.45, 7) is 0. The quantitative estimate of drug-likeness (QED) is 0.695. The maximum absolute atomic E-state index is 12.2. The second-order valence-electron chi connectivity index (χ2n) is 4.05. The molecule has 0 aliphatic carbocycles. The van der Waals surface area contributed by atoms with E-state index in [2.05, 4.69) is 26.2 Å². The zero-order valence-electron chi connectivity index (χ0n) is 10.1. The van der Waals surface area contributed by atoms with Gasteiger partial charge in [0.05, 0.1) is 16.2 Å². The predicted octanol–water partition coefficient (Wildman–Crippen LogP) is 4.96. The van der Waals surface area contributed by atoms with Crippen LogP contribution in [-0.4, -0.2) is 10.9 Å². The van der Waals surface area contributed by atoms with E-state index in [-0.39, 0.29) is 5.91 Å². The Morgan fingerprint density at radius 2 is 2.15 bits per heavy atom. The number of fused-ring (bicyclic) bond motifs is 1. The van der Waals surface area contributed by atoms with Crippen molar-refractivity contribution in [1.29, 1.82) is 0 Å². The van der Waals surface area contributed by atoms with E-state index in [1.54, 1.807) is 18.3 Å². The van der Waals surface area contributed by atoms with Gasteiger partial charge in [-0.3, -0.25) is 9.78 Å². The maximum Gasteiger partial charge on any atom is 0.266 e. The summed E-state index contributed by atoms with van der Waals surface area (Å²) in [5, 5.41) is 6.17. The van der Waals surface area contributed by atoms with Crippen LogP contribution in [0.1, 0.15) is 9.67 Å².